The molecule has 1 atom stereocenters. The second kappa shape index (κ2) is 8.90. The molecule has 1 unspecified atom stereocenters. The number of nitrogens with zero attached hydrogens (tertiary/aromatic N) is 1. The van der Waals surface area contributed by atoms with Gasteiger partial charge in [0.2, 0.25) is 11.8 Å². The molecule has 13 heteroatoms. The highest BCUT2D eigenvalue weighted by Crippen LogP contribution is 2.29. The van der Waals surface area contributed by atoms with Crippen molar-refractivity contribution in [3.05, 3.63) is 29.3 Å². The predicted molar refractivity (Wildman–Crippen MR) is 94.3 cm³/mol. The van der Waals surface area contributed by atoms with E-state index in [0.717, 1.165) is 4.90 Å². The molecule has 0 aliphatic carbocycles. The quantitative estimate of drug-likeness (QED) is 0.489. The predicted octanol–water partition coefficient (Wildman–Crippen LogP) is 0.0917. The number of amides is 4. The number of benzene rings is 1. The molecular formula is C17H17F3N4O6. The average Bonchev–Trinajstić information content (AvgIpc) is 2.90. The molecule has 3 rings (SSSR count). The van der Waals surface area contributed by atoms with Crippen LogP contribution in [-0.4, -0.2) is 64.9 Å². The number of piperidine rings is 1. The normalized spacial score (nSPS) is 18.4. The number of alkyl halides is 3. The first-order valence-corrected chi connectivity index (χ1v) is 8.57. The molecule has 1 aromatic rings. The van der Waals surface area contributed by atoms with Crippen molar-refractivity contribution in [1.82, 2.24) is 10.2 Å². The minimum atomic E-state index is -5.08. The van der Waals surface area contributed by atoms with Gasteiger partial charge in [0, 0.05) is 25.2 Å². The monoisotopic (exact) mass is 430 g/mol. The van der Waals surface area contributed by atoms with Crippen LogP contribution in [0.15, 0.2) is 18.2 Å². The minimum absolute atomic E-state index is 0.104. The number of carboxylic acid groups (broad SMARTS) is 1. The highest BCUT2D eigenvalue weighted by atomic mass is 19.4. The van der Waals surface area contributed by atoms with E-state index < -0.39 is 41.8 Å². The Bertz CT molecular complexity index is 902. The molecule has 1 aromatic carbocycles. The number of hydrogen-bond acceptors (Lipinski definition) is 7. The lowest BCUT2D eigenvalue weighted by Crippen LogP contribution is -2.54. The van der Waals surface area contributed by atoms with Crippen molar-refractivity contribution in [3.8, 4) is 0 Å². The highest BCUT2D eigenvalue weighted by Gasteiger charge is 2.44. The van der Waals surface area contributed by atoms with Crippen molar-refractivity contribution in [3.63, 3.8) is 0 Å². The van der Waals surface area contributed by atoms with E-state index in [1.807, 2.05) is 0 Å². The number of hydrogen-bond donors (Lipinski definition) is 4. The maximum atomic E-state index is 12.5. The van der Waals surface area contributed by atoms with E-state index in [1.165, 1.54) is 0 Å². The summed E-state index contributed by atoms with van der Waals surface area (Å²) in [5, 5.41) is 12.3. The van der Waals surface area contributed by atoms with Crippen LogP contribution in [0.4, 0.5) is 18.9 Å². The van der Waals surface area contributed by atoms with Gasteiger partial charge in [-0.1, -0.05) is 0 Å². The van der Waals surface area contributed by atoms with Gasteiger partial charge in [0.25, 0.3) is 11.8 Å². The molecule has 0 spiro atoms. The van der Waals surface area contributed by atoms with Gasteiger partial charge in [0.05, 0.1) is 11.1 Å². The number of carbonyl (C=O) groups excluding carboxylic acids is 4. The van der Waals surface area contributed by atoms with Gasteiger partial charge in [0.1, 0.15) is 6.04 Å². The lowest BCUT2D eigenvalue weighted by atomic mass is 10.0. The molecule has 0 bridgehead atoms. The fraction of sp³-hybridized carbons (Fsp3) is 0.353. The smallest absolute Gasteiger partial charge is 0.475 e. The number of nitrogens with two attached hydrogens (primary N) is 1. The maximum Gasteiger partial charge on any atom is 0.490 e. The Kier molecular flexibility index (Phi) is 6.77. The van der Waals surface area contributed by atoms with Gasteiger partial charge in [-0.05, 0) is 24.6 Å². The zero-order valence-corrected chi connectivity index (χ0v) is 15.3. The molecule has 1 fully saturated rings. The number of anilines is 1. The van der Waals surface area contributed by atoms with Crippen molar-refractivity contribution in [2.45, 2.75) is 25.1 Å². The largest absolute Gasteiger partial charge is 0.490 e. The molecule has 2 aliphatic heterocycles. The Labute approximate surface area is 167 Å². The van der Waals surface area contributed by atoms with Crippen molar-refractivity contribution in [2.24, 2.45) is 5.73 Å². The van der Waals surface area contributed by atoms with Crippen molar-refractivity contribution < 1.29 is 42.3 Å². The molecule has 0 saturated carbocycles. The first-order chi connectivity index (χ1) is 14.0. The lowest BCUT2D eigenvalue weighted by Gasteiger charge is -2.27. The van der Waals surface area contributed by atoms with E-state index in [2.05, 4.69) is 10.6 Å². The van der Waals surface area contributed by atoms with Crippen LogP contribution < -0.4 is 16.4 Å². The summed E-state index contributed by atoms with van der Waals surface area (Å²) >= 11 is 0. The third-order valence-electron chi connectivity index (χ3n) is 4.16. The molecule has 162 valence electrons. The van der Waals surface area contributed by atoms with Gasteiger partial charge < -0.3 is 16.2 Å². The second-order valence-corrected chi connectivity index (χ2v) is 6.23. The number of fused-ring (bicyclic) bond motifs is 1. The summed E-state index contributed by atoms with van der Waals surface area (Å²) < 4.78 is 31.7. The van der Waals surface area contributed by atoms with Crippen molar-refractivity contribution in [1.29, 1.82) is 0 Å². The number of carboxylic acids is 1. The summed E-state index contributed by atoms with van der Waals surface area (Å²) in [6, 6.07) is 3.88. The van der Waals surface area contributed by atoms with Gasteiger partial charge in [-0.15, -0.1) is 0 Å². The summed E-state index contributed by atoms with van der Waals surface area (Å²) in [6.45, 7) is 0.976. The molecule has 2 heterocycles. The van der Waals surface area contributed by atoms with E-state index in [9.17, 15) is 32.3 Å². The maximum absolute atomic E-state index is 12.5. The summed E-state index contributed by atoms with van der Waals surface area (Å²) in [7, 11) is 0. The van der Waals surface area contributed by atoms with Crippen molar-refractivity contribution in [2.75, 3.05) is 18.4 Å². The number of halogens is 3. The van der Waals surface area contributed by atoms with E-state index in [-0.39, 0.29) is 24.0 Å². The molecule has 5 N–H and O–H groups in total. The van der Waals surface area contributed by atoms with Gasteiger partial charge >= 0.3 is 12.1 Å². The Balaban J connectivity index is 0.000000396. The molecule has 1 saturated heterocycles. The summed E-state index contributed by atoms with van der Waals surface area (Å²) in [5.74, 6) is -4.79. The van der Waals surface area contributed by atoms with E-state index in [0.29, 0.717) is 18.8 Å². The number of rotatable bonds is 4. The molecule has 4 amide bonds. The summed E-state index contributed by atoms with van der Waals surface area (Å²) in [6.07, 6.45) is -4.83. The fourth-order valence-corrected chi connectivity index (χ4v) is 2.80. The zero-order valence-electron chi connectivity index (χ0n) is 15.3. The molecule has 2 aliphatic rings. The van der Waals surface area contributed by atoms with Crippen LogP contribution in [-0.2, 0) is 14.4 Å². The van der Waals surface area contributed by atoms with Gasteiger partial charge in [0.15, 0.2) is 0 Å². The molecule has 10 nitrogen and oxygen atoms in total. The number of nitrogens with one attached hydrogen (secondary N) is 2. The third kappa shape index (κ3) is 4.92. The van der Waals surface area contributed by atoms with Gasteiger partial charge in [-0.2, -0.15) is 13.2 Å². The lowest BCUT2D eigenvalue weighted by molar-refractivity contribution is -0.192. The molecule has 30 heavy (non-hydrogen) atoms. The minimum Gasteiger partial charge on any atom is -0.475 e. The van der Waals surface area contributed by atoms with Crippen LogP contribution in [0, 0.1) is 0 Å². The fourth-order valence-electron chi connectivity index (χ4n) is 2.80. The standard InChI is InChI=1S/C15H16N4O4.C2HF3O2/c16-5-6-17-8-1-2-9-10(7-8)15(23)19(14(9)22)11-3-4-12(20)18-13(11)21;3-2(4,5)1(6)7/h1-2,7,11,17H,3-6,16H2,(H,18,20,21);(H,6,7). The zero-order chi connectivity index (χ0) is 22.6. The Morgan fingerprint density at radius 2 is 1.80 bits per heavy atom. The molecular weight excluding hydrogens is 413 g/mol. The van der Waals surface area contributed by atoms with E-state index in [4.69, 9.17) is 15.6 Å². The molecule has 0 radical (unpaired) electrons. The first-order valence-electron chi connectivity index (χ1n) is 8.57. The Hall–Kier alpha value is -3.48. The van der Waals surface area contributed by atoms with Crippen LogP contribution in [0.1, 0.15) is 33.6 Å². The summed E-state index contributed by atoms with van der Waals surface area (Å²) in [4.78, 5) is 58.0. The van der Waals surface area contributed by atoms with Crippen LogP contribution in [0.25, 0.3) is 0 Å². The topological polar surface area (TPSA) is 159 Å². The highest BCUT2D eigenvalue weighted by molar-refractivity contribution is 6.23. The van der Waals surface area contributed by atoms with Crippen LogP contribution in [0.5, 0.6) is 0 Å². The number of imide groups is 2. The Morgan fingerprint density at radius 1 is 1.20 bits per heavy atom. The second-order valence-electron chi connectivity index (χ2n) is 6.23. The van der Waals surface area contributed by atoms with Gasteiger partial charge in [-0.3, -0.25) is 29.4 Å². The van der Waals surface area contributed by atoms with E-state index in [1.54, 1.807) is 18.2 Å². The summed E-state index contributed by atoms with van der Waals surface area (Å²) in [5.41, 5.74) is 6.62. The van der Waals surface area contributed by atoms with E-state index >= 15 is 0 Å². The van der Waals surface area contributed by atoms with Crippen molar-refractivity contribution >= 4 is 35.3 Å². The van der Waals surface area contributed by atoms with Crippen LogP contribution in [0.2, 0.25) is 0 Å². The SMILES string of the molecule is NCCNc1ccc2c(c1)C(=O)N(C1CCC(=O)NC1=O)C2=O.O=C(O)C(F)(F)F. The number of aliphatic carboxylic acids is 1. The average molecular weight is 430 g/mol. The van der Waals surface area contributed by atoms with Gasteiger partial charge in [-0.25, -0.2) is 4.79 Å². The Morgan fingerprint density at radius 3 is 2.33 bits per heavy atom. The first kappa shape index (κ1) is 22.8. The molecule has 0 aromatic heterocycles. The third-order valence-corrected chi connectivity index (χ3v) is 4.16. The van der Waals surface area contributed by atoms with Crippen LogP contribution in [0.3, 0.4) is 0 Å². The van der Waals surface area contributed by atoms with Crippen LogP contribution >= 0.6 is 0 Å². The number of carbonyl (C=O) groups is 5.